The molecule has 0 unspecified atom stereocenters. The molecule has 0 aliphatic rings. The Balaban J connectivity index is 1.86. The van der Waals surface area contributed by atoms with Crippen LogP contribution in [-0.2, 0) is 10.5 Å². The zero-order chi connectivity index (χ0) is 15.2. The van der Waals surface area contributed by atoms with Gasteiger partial charge in [-0.25, -0.2) is 4.39 Å². The van der Waals surface area contributed by atoms with E-state index in [4.69, 9.17) is 23.2 Å². The summed E-state index contributed by atoms with van der Waals surface area (Å²) < 4.78 is 13.4. The third-order valence-corrected chi connectivity index (χ3v) is 4.36. The molecule has 0 atom stereocenters. The Kier molecular flexibility index (Phi) is 5.91. The van der Waals surface area contributed by atoms with Gasteiger partial charge in [0.05, 0.1) is 11.4 Å². The van der Waals surface area contributed by atoms with Crippen molar-refractivity contribution in [3.05, 3.63) is 63.9 Å². The Bertz CT molecular complexity index is 631. The van der Waals surface area contributed by atoms with Crippen molar-refractivity contribution in [3.8, 4) is 0 Å². The van der Waals surface area contributed by atoms with Crippen LogP contribution in [0.1, 0.15) is 5.56 Å². The molecule has 0 radical (unpaired) electrons. The first-order valence-corrected chi connectivity index (χ1v) is 8.04. The van der Waals surface area contributed by atoms with E-state index in [2.05, 4.69) is 5.32 Å². The Morgan fingerprint density at radius 3 is 2.43 bits per heavy atom. The second-order valence-electron chi connectivity index (χ2n) is 4.22. The predicted octanol–water partition coefficient (Wildman–Crippen LogP) is 5.00. The van der Waals surface area contributed by atoms with E-state index in [0.717, 1.165) is 5.56 Å². The molecule has 0 saturated heterocycles. The number of thioether (sulfide) groups is 1. The maximum Gasteiger partial charge on any atom is 0.234 e. The molecule has 2 aromatic rings. The SMILES string of the molecule is O=C(CSCc1c(Cl)cccc1Cl)Nc1ccccc1F. The Morgan fingerprint density at radius 1 is 1.10 bits per heavy atom. The fourth-order valence-electron chi connectivity index (χ4n) is 1.66. The molecule has 2 nitrogen and oxygen atoms in total. The van der Waals surface area contributed by atoms with E-state index < -0.39 is 5.82 Å². The van der Waals surface area contributed by atoms with Crippen molar-refractivity contribution in [2.24, 2.45) is 0 Å². The highest BCUT2D eigenvalue weighted by Crippen LogP contribution is 2.28. The van der Waals surface area contributed by atoms with Crippen LogP contribution in [0.4, 0.5) is 10.1 Å². The van der Waals surface area contributed by atoms with Crippen molar-refractivity contribution in [3.63, 3.8) is 0 Å². The summed E-state index contributed by atoms with van der Waals surface area (Å²) in [4.78, 5) is 11.8. The zero-order valence-corrected chi connectivity index (χ0v) is 13.2. The van der Waals surface area contributed by atoms with Crippen LogP contribution in [0.25, 0.3) is 0 Å². The third kappa shape index (κ3) is 4.63. The first-order valence-electron chi connectivity index (χ1n) is 6.13. The molecule has 1 amide bonds. The van der Waals surface area contributed by atoms with E-state index in [9.17, 15) is 9.18 Å². The van der Waals surface area contributed by atoms with Crippen molar-refractivity contribution >= 4 is 46.6 Å². The van der Waals surface area contributed by atoms with Gasteiger partial charge in [-0.3, -0.25) is 4.79 Å². The van der Waals surface area contributed by atoms with Gasteiger partial charge in [0.1, 0.15) is 5.82 Å². The van der Waals surface area contributed by atoms with Gasteiger partial charge in [0.25, 0.3) is 0 Å². The van der Waals surface area contributed by atoms with Gasteiger partial charge in [0, 0.05) is 15.8 Å². The lowest BCUT2D eigenvalue weighted by Gasteiger charge is -2.08. The minimum atomic E-state index is -0.454. The van der Waals surface area contributed by atoms with E-state index in [1.165, 1.54) is 23.9 Å². The van der Waals surface area contributed by atoms with Gasteiger partial charge in [-0.2, -0.15) is 0 Å². The maximum absolute atomic E-state index is 13.4. The summed E-state index contributed by atoms with van der Waals surface area (Å²) in [5, 5.41) is 3.67. The summed E-state index contributed by atoms with van der Waals surface area (Å²) in [7, 11) is 0. The fourth-order valence-corrected chi connectivity index (χ4v) is 3.23. The van der Waals surface area contributed by atoms with Crippen molar-refractivity contribution < 1.29 is 9.18 Å². The van der Waals surface area contributed by atoms with Gasteiger partial charge in [-0.15, -0.1) is 11.8 Å². The van der Waals surface area contributed by atoms with E-state index in [1.54, 1.807) is 30.3 Å². The summed E-state index contributed by atoms with van der Waals surface area (Å²) in [5.74, 6) is -0.0164. The van der Waals surface area contributed by atoms with Gasteiger partial charge in [-0.1, -0.05) is 41.4 Å². The number of anilines is 1. The molecule has 0 aliphatic carbocycles. The highest BCUT2D eigenvalue weighted by atomic mass is 35.5. The number of carbonyl (C=O) groups excluding carboxylic acids is 1. The molecule has 0 heterocycles. The molecule has 0 bridgehead atoms. The second kappa shape index (κ2) is 7.69. The van der Waals surface area contributed by atoms with Crippen molar-refractivity contribution in [1.82, 2.24) is 0 Å². The van der Waals surface area contributed by atoms with Crippen LogP contribution < -0.4 is 5.32 Å². The standard InChI is InChI=1S/C15H12Cl2FNOS/c16-11-4-3-5-12(17)10(11)8-21-9-15(20)19-14-7-2-1-6-13(14)18/h1-7H,8-9H2,(H,19,20). The molecule has 0 fully saturated rings. The molecule has 2 aromatic carbocycles. The van der Waals surface area contributed by atoms with Gasteiger partial charge in [0.15, 0.2) is 0 Å². The monoisotopic (exact) mass is 343 g/mol. The number of rotatable bonds is 5. The number of benzene rings is 2. The van der Waals surface area contributed by atoms with Gasteiger partial charge >= 0.3 is 0 Å². The van der Waals surface area contributed by atoms with Crippen LogP contribution in [0, 0.1) is 5.82 Å². The van der Waals surface area contributed by atoms with Crippen LogP contribution in [0.5, 0.6) is 0 Å². The number of halogens is 3. The summed E-state index contributed by atoms with van der Waals surface area (Å²) in [6, 6.07) is 11.3. The van der Waals surface area contributed by atoms with E-state index in [0.29, 0.717) is 15.8 Å². The molecule has 0 aromatic heterocycles. The molecular weight excluding hydrogens is 332 g/mol. The van der Waals surface area contributed by atoms with Gasteiger partial charge < -0.3 is 5.32 Å². The van der Waals surface area contributed by atoms with Crippen molar-refractivity contribution in [2.45, 2.75) is 5.75 Å². The molecular formula is C15H12Cl2FNOS. The smallest absolute Gasteiger partial charge is 0.234 e. The third-order valence-electron chi connectivity index (χ3n) is 2.69. The van der Waals surface area contributed by atoms with Gasteiger partial charge in [0.2, 0.25) is 5.91 Å². The number of hydrogen-bond acceptors (Lipinski definition) is 2. The fraction of sp³-hybridized carbons (Fsp3) is 0.133. The minimum Gasteiger partial charge on any atom is -0.323 e. The van der Waals surface area contributed by atoms with Crippen molar-refractivity contribution in [1.29, 1.82) is 0 Å². The van der Waals surface area contributed by atoms with Crippen molar-refractivity contribution in [2.75, 3.05) is 11.1 Å². The largest absolute Gasteiger partial charge is 0.323 e. The lowest BCUT2D eigenvalue weighted by Crippen LogP contribution is -2.15. The molecule has 110 valence electrons. The second-order valence-corrected chi connectivity index (χ2v) is 6.02. The van der Waals surface area contributed by atoms with Crippen LogP contribution in [0.15, 0.2) is 42.5 Å². The average molecular weight is 344 g/mol. The van der Waals surface area contributed by atoms with Gasteiger partial charge in [-0.05, 0) is 29.8 Å². The number of carbonyl (C=O) groups is 1. The van der Waals surface area contributed by atoms with Crippen LogP contribution in [0.3, 0.4) is 0 Å². The molecule has 1 N–H and O–H groups in total. The Labute approximate surface area is 136 Å². The molecule has 0 spiro atoms. The number of para-hydroxylation sites is 1. The lowest BCUT2D eigenvalue weighted by atomic mass is 10.2. The Hall–Kier alpha value is -1.23. The summed E-state index contributed by atoms with van der Waals surface area (Å²) in [5.41, 5.74) is 0.975. The first kappa shape index (κ1) is 16.1. The number of amides is 1. The zero-order valence-electron chi connectivity index (χ0n) is 10.9. The van der Waals surface area contributed by atoms with Crippen LogP contribution >= 0.6 is 35.0 Å². The molecule has 6 heteroatoms. The predicted molar refractivity (Wildman–Crippen MR) is 87.7 cm³/mol. The summed E-state index contributed by atoms with van der Waals surface area (Å²) in [6.45, 7) is 0. The summed E-state index contributed by atoms with van der Waals surface area (Å²) >= 11 is 13.5. The van der Waals surface area contributed by atoms with E-state index in [-0.39, 0.29) is 17.3 Å². The molecule has 2 rings (SSSR count). The molecule has 0 aliphatic heterocycles. The van der Waals surface area contributed by atoms with E-state index in [1.807, 2.05) is 0 Å². The number of hydrogen-bond donors (Lipinski definition) is 1. The lowest BCUT2D eigenvalue weighted by molar-refractivity contribution is -0.113. The topological polar surface area (TPSA) is 29.1 Å². The van der Waals surface area contributed by atoms with Crippen LogP contribution in [-0.4, -0.2) is 11.7 Å². The Morgan fingerprint density at radius 2 is 1.76 bits per heavy atom. The summed E-state index contributed by atoms with van der Waals surface area (Å²) in [6.07, 6.45) is 0. The maximum atomic E-state index is 13.4. The quantitative estimate of drug-likeness (QED) is 0.827. The first-order chi connectivity index (χ1) is 10.1. The highest BCUT2D eigenvalue weighted by Gasteiger charge is 2.09. The normalized spacial score (nSPS) is 10.4. The number of nitrogens with one attached hydrogen (secondary N) is 1. The van der Waals surface area contributed by atoms with Crippen LogP contribution in [0.2, 0.25) is 10.0 Å². The van der Waals surface area contributed by atoms with E-state index >= 15 is 0 Å². The average Bonchev–Trinajstić information content (AvgIpc) is 2.45. The molecule has 0 saturated carbocycles. The highest BCUT2D eigenvalue weighted by molar-refractivity contribution is 7.99. The molecule has 21 heavy (non-hydrogen) atoms. The minimum absolute atomic E-state index is 0.180.